The maximum absolute atomic E-state index is 9.42. The molecule has 2 rings (SSSR count). The van der Waals surface area contributed by atoms with E-state index in [1.165, 1.54) is 64.6 Å². The van der Waals surface area contributed by atoms with Crippen molar-refractivity contribution in [1.29, 1.82) is 0 Å². The smallest absolute Gasteiger partial charge is 0.0471 e. The van der Waals surface area contributed by atoms with Crippen molar-refractivity contribution in [1.82, 2.24) is 10.2 Å². The summed E-state index contributed by atoms with van der Waals surface area (Å²) in [4.78, 5) is 2.64. The Bertz CT molecular complexity index is 274. The van der Waals surface area contributed by atoms with Crippen molar-refractivity contribution in [2.75, 3.05) is 32.8 Å². The summed E-state index contributed by atoms with van der Waals surface area (Å²) in [6.07, 6.45) is 9.46. The van der Waals surface area contributed by atoms with Crippen LogP contribution in [-0.2, 0) is 0 Å². The van der Waals surface area contributed by atoms with E-state index in [1.54, 1.807) is 0 Å². The van der Waals surface area contributed by atoms with Crippen LogP contribution in [0.3, 0.4) is 0 Å². The van der Waals surface area contributed by atoms with Crippen molar-refractivity contribution >= 4 is 0 Å². The lowest BCUT2D eigenvalue weighted by atomic mass is 9.73. The van der Waals surface area contributed by atoms with Crippen molar-refractivity contribution in [2.45, 2.75) is 64.8 Å². The maximum Gasteiger partial charge on any atom is 0.0471 e. The highest BCUT2D eigenvalue weighted by atomic mass is 16.3. The fourth-order valence-electron chi connectivity index (χ4n) is 4.03. The molecule has 1 aliphatic carbocycles. The van der Waals surface area contributed by atoms with Gasteiger partial charge in [0.05, 0.1) is 0 Å². The number of nitrogens with zero attached hydrogens (tertiary/aromatic N) is 1. The highest BCUT2D eigenvalue weighted by Gasteiger charge is 2.35. The summed E-state index contributed by atoms with van der Waals surface area (Å²) in [6.45, 7) is 9.63. The van der Waals surface area contributed by atoms with Crippen molar-refractivity contribution in [2.24, 2.45) is 11.3 Å². The van der Waals surface area contributed by atoms with Crippen molar-refractivity contribution < 1.29 is 5.11 Å². The summed E-state index contributed by atoms with van der Waals surface area (Å²) in [6, 6.07) is 0.584. The third-order valence-corrected chi connectivity index (χ3v) is 5.22. The molecule has 20 heavy (non-hydrogen) atoms. The van der Waals surface area contributed by atoms with Crippen LogP contribution in [0.2, 0.25) is 0 Å². The van der Waals surface area contributed by atoms with Crippen LogP contribution in [0.4, 0.5) is 0 Å². The molecule has 1 unspecified atom stereocenters. The first kappa shape index (κ1) is 16.3. The minimum atomic E-state index is 0.369. The summed E-state index contributed by atoms with van der Waals surface area (Å²) in [5.41, 5.74) is 0.486. The van der Waals surface area contributed by atoms with E-state index in [1.807, 2.05) is 0 Å². The predicted molar refractivity (Wildman–Crippen MR) is 84.9 cm³/mol. The molecular formula is C17H34N2O. The van der Waals surface area contributed by atoms with Crippen LogP contribution < -0.4 is 5.32 Å². The largest absolute Gasteiger partial charge is 0.396 e. The lowest BCUT2D eigenvalue weighted by Gasteiger charge is -2.44. The summed E-state index contributed by atoms with van der Waals surface area (Å²) in [5.74, 6) is 0.516. The van der Waals surface area contributed by atoms with Crippen molar-refractivity contribution in [3.8, 4) is 0 Å². The van der Waals surface area contributed by atoms with E-state index in [9.17, 15) is 5.11 Å². The van der Waals surface area contributed by atoms with Gasteiger partial charge in [-0.1, -0.05) is 33.1 Å². The first-order valence-corrected chi connectivity index (χ1v) is 8.70. The van der Waals surface area contributed by atoms with Crippen LogP contribution in [-0.4, -0.2) is 48.8 Å². The molecule has 118 valence electrons. The molecule has 2 fully saturated rings. The van der Waals surface area contributed by atoms with Gasteiger partial charge in [0.15, 0.2) is 0 Å². The molecule has 2 aliphatic rings. The van der Waals surface area contributed by atoms with Crippen LogP contribution in [0, 0.1) is 11.3 Å². The van der Waals surface area contributed by atoms with E-state index in [0.717, 1.165) is 6.54 Å². The Morgan fingerprint density at radius 2 is 1.95 bits per heavy atom. The van der Waals surface area contributed by atoms with Gasteiger partial charge in [-0.2, -0.15) is 0 Å². The van der Waals surface area contributed by atoms with Crippen LogP contribution in [0.1, 0.15) is 58.8 Å². The number of nitrogens with one attached hydrogen (secondary N) is 1. The molecule has 1 saturated heterocycles. The average Bonchev–Trinajstić information content (AvgIpc) is 2.46. The molecule has 3 nitrogen and oxygen atoms in total. The van der Waals surface area contributed by atoms with Gasteiger partial charge in [0.2, 0.25) is 0 Å². The standard InChI is InChI=1S/C17H34N2O/c1-15(2)18-13-17(8-4-3-5-9-17)14-19-10-6-7-16(11-19)12-20/h15-16,18,20H,3-14H2,1-2H3. The Morgan fingerprint density at radius 1 is 1.20 bits per heavy atom. The highest BCUT2D eigenvalue weighted by molar-refractivity contribution is 4.89. The van der Waals surface area contributed by atoms with Crippen LogP contribution in [0.5, 0.6) is 0 Å². The fraction of sp³-hybridized carbons (Fsp3) is 1.00. The van der Waals surface area contributed by atoms with E-state index in [2.05, 4.69) is 24.1 Å². The Balaban J connectivity index is 1.92. The van der Waals surface area contributed by atoms with Crippen LogP contribution >= 0.6 is 0 Å². The zero-order valence-electron chi connectivity index (χ0n) is 13.5. The molecule has 3 heteroatoms. The second-order valence-electron chi connectivity index (χ2n) is 7.52. The topological polar surface area (TPSA) is 35.5 Å². The third kappa shape index (κ3) is 4.71. The number of rotatable bonds is 6. The minimum Gasteiger partial charge on any atom is -0.396 e. The number of hydrogen-bond acceptors (Lipinski definition) is 3. The van der Waals surface area contributed by atoms with Crippen molar-refractivity contribution in [3.05, 3.63) is 0 Å². The molecular weight excluding hydrogens is 248 g/mol. The Morgan fingerprint density at radius 3 is 2.60 bits per heavy atom. The van der Waals surface area contributed by atoms with Gasteiger partial charge in [0.25, 0.3) is 0 Å². The fourth-order valence-corrected chi connectivity index (χ4v) is 4.03. The number of piperidine rings is 1. The molecule has 0 bridgehead atoms. The van der Waals surface area contributed by atoms with E-state index < -0.39 is 0 Å². The molecule has 0 amide bonds. The molecule has 1 atom stereocenters. The lowest BCUT2D eigenvalue weighted by Crippen LogP contribution is -2.49. The van der Waals surface area contributed by atoms with E-state index >= 15 is 0 Å². The summed E-state index contributed by atoms with van der Waals surface area (Å²) in [7, 11) is 0. The molecule has 0 aromatic carbocycles. The number of aliphatic hydroxyl groups excluding tert-OH is 1. The predicted octanol–water partition coefficient (Wildman–Crippen LogP) is 2.64. The van der Waals surface area contributed by atoms with Crippen molar-refractivity contribution in [3.63, 3.8) is 0 Å². The van der Waals surface area contributed by atoms with Gasteiger partial charge in [0.1, 0.15) is 0 Å². The average molecular weight is 282 g/mol. The molecule has 0 radical (unpaired) electrons. The second-order valence-corrected chi connectivity index (χ2v) is 7.52. The van der Waals surface area contributed by atoms with Gasteiger partial charge in [0, 0.05) is 32.3 Å². The molecule has 1 saturated carbocycles. The maximum atomic E-state index is 9.42. The molecule has 1 heterocycles. The van der Waals surface area contributed by atoms with E-state index in [0.29, 0.717) is 24.0 Å². The summed E-state index contributed by atoms with van der Waals surface area (Å²) in [5, 5.41) is 13.1. The molecule has 1 aliphatic heterocycles. The van der Waals surface area contributed by atoms with Gasteiger partial charge in [-0.15, -0.1) is 0 Å². The van der Waals surface area contributed by atoms with Gasteiger partial charge >= 0.3 is 0 Å². The SMILES string of the molecule is CC(C)NCC1(CN2CCCC(CO)C2)CCCCC1. The monoisotopic (exact) mass is 282 g/mol. The van der Waals surface area contributed by atoms with Gasteiger partial charge in [-0.05, 0) is 43.6 Å². The quantitative estimate of drug-likeness (QED) is 0.786. The molecule has 0 aromatic heterocycles. The summed E-state index contributed by atoms with van der Waals surface area (Å²) < 4.78 is 0. The summed E-state index contributed by atoms with van der Waals surface area (Å²) >= 11 is 0. The second kappa shape index (κ2) is 7.77. The first-order valence-electron chi connectivity index (χ1n) is 8.70. The molecule has 0 aromatic rings. The first-order chi connectivity index (χ1) is 9.63. The normalized spacial score (nSPS) is 27.9. The number of hydrogen-bond donors (Lipinski definition) is 2. The van der Waals surface area contributed by atoms with Gasteiger partial charge < -0.3 is 15.3 Å². The minimum absolute atomic E-state index is 0.369. The Hall–Kier alpha value is -0.120. The zero-order chi connectivity index (χ0) is 14.4. The Kier molecular flexibility index (Phi) is 6.31. The van der Waals surface area contributed by atoms with E-state index in [-0.39, 0.29) is 0 Å². The van der Waals surface area contributed by atoms with Crippen LogP contribution in [0.15, 0.2) is 0 Å². The highest BCUT2D eigenvalue weighted by Crippen LogP contribution is 2.37. The van der Waals surface area contributed by atoms with Crippen LogP contribution in [0.25, 0.3) is 0 Å². The van der Waals surface area contributed by atoms with Gasteiger partial charge in [-0.3, -0.25) is 0 Å². The molecule has 0 spiro atoms. The number of likely N-dealkylation sites (tertiary alicyclic amines) is 1. The number of aliphatic hydroxyl groups is 1. The lowest BCUT2D eigenvalue weighted by molar-refractivity contribution is 0.0564. The van der Waals surface area contributed by atoms with E-state index in [4.69, 9.17) is 0 Å². The van der Waals surface area contributed by atoms with Gasteiger partial charge in [-0.25, -0.2) is 0 Å². The molecule has 2 N–H and O–H groups in total. The Labute approximate surface area is 125 Å². The zero-order valence-corrected chi connectivity index (χ0v) is 13.5. The third-order valence-electron chi connectivity index (χ3n) is 5.22.